The number of nitrogens with one attached hydrogen (secondary N) is 1. The first-order valence-electron chi connectivity index (χ1n) is 6.01. The van der Waals surface area contributed by atoms with Crippen LogP contribution in [0, 0.1) is 0 Å². The van der Waals surface area contributed by atoms with Gasteiger partial charge in [-0.2, -0.15) is 0 Å². The van der Waals surface area contributed by atoms with Gasteiger partial charge in [0.2, 0.25) is 5.91 Å². The fraction of sp³-hybridized carbons (Fsp3) is 0.429. The zero-order valence-corrected chi connectivity index (χ0v) is 11.0. The molecule has 0 heterocycles. The molecule has 0 saturated carbocycles. The third-order valence-electron chi connectivity index (χ3n) is 2.90. The van der Waals surface area contributed by atoms with Crippen LogP contribution in [0.4, 0.5) is 5.69 Å². The Morgan fingerprint density at radius 2 is 1.78 bits per heavy atom. The summed E-state index contributed by atoms with van der Waals surface area (Å²) in [5.41, 5.74) is 0.480. The molecule has 1 aromatic carbocycles. The molecule has 1 amide bonds. The maximum Gasteiger partial charge on any atom is 0.313 e. The fourth-order valence-electron chi connectivity index (χ4n) is 1.54. The summed E-state index contributed by atoms with van der Waals surface area (Å²) in [6, 6.07) is 6.92. The van der Waals surface area contributed by atoms with Gasteiger partial charge in [-0.3, -0.25) is 9.59 Å². The molecule has 0 radical (unpaired) electrons. The second-order valence-corrected chi connectivity index (χ2v) is 4.81. The second-order valence-electron chi connectivity index (χ2n) is 4.81. The van der Waals surface area contributed by atoms with Gasteiger partial charge in [-0.05, 0) is 38.0 Å². The van der Waals surface area contributed by atoms with E-state index in [0.717, 1.165) is 6.42 Å². The van der Waals surface area contributed by atoms with Crippen LogP contribution in [0.25, 0.3) is 0 Å². The topological polar surface area (TPSA) is 66.4 Å². The van der Waals surface area contributed by atoms with E-state index < -0.39 is 11.4 Å². The predicted octanol–water partition coefficient (Wildman–Crippen LogP) is 2.79. The SMILES string of the molecule is CCCC(=O)Nc1ccc(C(C)(C)C(=O)O)cc1. The number of hydrogen-bond donors (Lipinski definition) is 2. The first kappa shape index (κ1) is 14.2. The Bertz CT molecular complexity index is 435. The quantitative estimate of drug-likeness (QED) is 0.843. The van der Waals surface area contributed by atoms with E-state index in [4.69, 9.17) is 5.11 Å². The van der Waals surface area contributed by atoms with Gasteiger partial charge in [0.05, 0.1) is 5.41 Å². The van der Waals surface area contributed by atoms with Crippen molar-refractivity contribution in [2.75, 3.05) is 5.32 Å². The van der Waals surface area contributed by atoms with Crippen LogP contribution in [0.15, 0.2) is 24.3 Å². The van der Waals surface area contributed by atoms with Gasteiger partial charge in [-0.15, -0.1) is 0 Å². The Morgan fingerprint density at radius 1 is 1.22 bits per heavy atom. The summed E-state index contributed by atoms with van der Waals surface area (Å²) in [6.45, 7) is 5.25. The minimum Gasteiger partial charge on any atom is -0.481 e. The molecule has 0 saturated heterocycles. The molecule has 1 aromatic rings. The summed E-state index contributed by atoms with van der Waals surface area (Å²) in [6.07, 6.45) is 1.29. The van der Waals surface area contributed by atoms with Crippen LogP contribution in [-0.2, 0) is 15.0 Å². The van der Waals surface area contributed by atoms with E-state index in [-0.39, 0.29) is 5.91 Å². The van der Waals surface area contributed by atoms with Crippen LogP contribution in [0.3, 0.4) is 0 Å². The third kappa shape index (κ3) is 3.32. The van der Waals surface area contributed by atoms with Gasteiger partial charge in [0.15, 0.2) is 0 Å². The van der Waals surface area contributed by atoms with Crippen LogP contribution < -0.4 is 5.32 Å². The molecule has 2 N–H and O–H groups in total. The average molecular weight is 249 g/mol. The molecular formula is C14H19NO3. The summed E-state index contributed by atoms with van der Waals surface area (Å²) >= 11 is 0. The average Bonchev–Trinajstić information content (AvgIpc) is 2.29. The van der Waals surface area contributed by atoms with Crippen LogP contribution >= 0.6 is 0 Å². The minimum absolute atomic E-state index is 0.0252. The highest BCUT2D eigenvalue weighted by Gasteiger charge is 2.29. The van der Waals surface area contributed by atoms with E-state index in [1.807, 2.05) is 6.92 Å². The highest BCUT2D eigenvalue weighted by atomic mass is 16.4. The fourth-order valence-corrected chi connectivity index (χ4v) is 1.54. The summed E-state index contributed by atoms with van der Waals surface area (Å²) in [5.74, 6) is -0.895. The van der Waals surface area contributed by atoms with Gasteiger partial charge in [0.25, 0.3) is 0 Å². The summed E-state index contributed by atoms with van der Waals surface area (Å²) in [4.78, 5) is 22.5. The lowest BCUT2D eigenvalue weighted by Gasteiger charge is -2.19. The number of anilines is 1. The van der Waals surface area contributed by atoms with Crippen LogP contribution in [0.2, 0.25) is 0 Å². The van der Waals surface area contributed by atoms with Crippen LogP contribution in [0.5, 0.6) is 0 Å². The lowest BCUT2D eigenvalue weighted by molar-refractivity contribution is -0.142. The largest absolute Gasteiger partial charge is 0.481 e. The molecule has 0 fully saturated rings. The number of aliphatic carboxylic acids is 1. The number of carbonyl (C=O) groups is 2. The predicted molar refractivity (Wildman–Crippen MR) is 70.6 cm³/mol. The van der Waals surface area contributed by atoms with E-state index in [1.54, 1.807) is 38.1 Å². The molecule has 4 nitrogen and oxygen atoms in total. The molecule has 98 valence electrons. The van der Waals surface area contributed by atoms with Gasteiger partial charge < -0.3 is 10.4 Å². The molecule has 0 aromatic heterocycles. The van der Waals surface area contributed by atoms with Gasteiger partial charge >= 0.3 is 5.97 Å². The Labute approximate surface area is 107 Å². The molecule has 0 spiro atoms. The van der Waals surface area contributed by atoms with Crippen molar-refractivity contribution in [1.29, 1.82) is 0 Å². The highest BCUT2D eigenvalue weighted by molar-refractivity contribution is 5.90. The maximum absolute atomic E-state index is 11.4. The first-order valence-corrected chi connectivity index (χ1v) is 6.01. The van der Waals surface area contributed by atoms with Gasteiger partial charge in [-0.25, -0.2) is 0 Å². The molecule has 18 heavy (non-hydrogen) atoms. The minimum atomic E-state index is -0.925. The van der Waals surface area contributed by atoms with Crippen molar-refractivity contribution in [2.24, 2.45) is 0 Å². The van der Waals surface area contributed by atoms with E-state index in [2.05, 4.69) is 5.32 Å². The molecule has 0 bridgehead atoms. The monoisotopic (exact) mass is 249 g/mol. The smallest absolute Gasteiger partial charge is 0.313 e. The van der Waals surface area contributed by atoms with Gasteiger partial charge in [0.1, 0.15) is 0 Å². The normalized spacial score (nSPS) is 11.1. The van der Waals surface area contributed by atoms with Crippen molar-refractivity contribution < 1.29 is 14.7 Å². The molecule has 0 aliphatic carbocycles. The van der Waals surface area contributed by atoms with Crippen LogP contribution in [0.1, 0.15) is 39.2 Å². The Balaban J connectivity index is 2.80. The Kier molecular flexibility index (Phi) is 4.48. The number of carbonyl (C=O) groups excluding carboxylic acids is 1. The summed E-state index contributed by atoms with van der Waals surface area (Å²) < 4.78 is 0. The second kappa shape index (κ2) is 5.67. The lowest BCUT2D eigenvalue weighted by atomic mass is 9.85. The van der Waals surface area contributed by atoms with Gasteiger partial charge in [-0.1, -0.05) is 19.1 Å². The Morgan fingerprint density at radius 3 is 2.22 bits per heavy atom. The van der Waals surface area contributed by atoms with Crippen molar-refractivity contribution in [3.63, 3.8) is 0 Å². The van der Waals surface area contributed by atoms with Crippen molar-refractivity contribution in [2.45, 2.75) is 39.0 Å². The molecule has 4 heteroatoms. The molecule has 0 unspecified atom stereocenters. The van der Waals surface area contributed by atoms with E-state index in [1.165, 1.54) is 0 Å². The maximum atomic E-state index is 11.4. The number of benzene rings is 1. The molecule has 0 aliphatic heterocycles. The number of carboxylic acids is 1. The molecule has 0 aliphatic rings. The van der Waals surface area contributed by atoms with E-state index in [0.29, 0.717) is 17.7 Å². The summed E-state index contributed by atoms with van der Waals surface area (Å²) in [5, 5.41) is 11.9. The standard InChI is InChI=1S/C14H19NO3/c1-4-5-12(16)15-11-8-6-10(7-9-11)14(2,3)13(17)18/h6-9H,4-5H2,1-3H3,(H,15,16)(H,17,18). The number of amides is 1. The number of hydrogen-bond acceptors (Lipinski definition) is 2. The van der Waals surface area contributed by atoms with Gasteiger partial charge in [0, 0.05) is 12.1 Å². The zero-order chi connectivity index (χ0) is 13.8. The first-order chi connectivity index (χ1) is 8.37. The zero-order valence-electron chi connectivity index (χ0n) is 11.0. The third-order valence-corrected chi connectivity index (χ3v) is 2.90. The highest BCUT2D eigenvalue weighted by Crippen LogP contribution is 2.24. The molecule has 1 rings (SSSR count). The lowest BCUT2D eigenvalue weighted by Crippen LogP contribution is -2.28. The van der Waals surface area contributed by atoms with E-state index >= 15 is 0 Å². The molecular weight excluding hydrogens is 230 g/mol. The Hall–Kier alpha value is -1.84. The van der Waals surface area contributed by atoms with Crippen LogP contribution in [-0.4, -0.2) is 17.0 Å². The van der Waals surface area contributed by atoms with Crippen molar-refractivity contribution in [3.8, 4) is 0 Å². The molecule has 0 atom stereocenters. The van der Waals surface area contributed by atoms with Crippen molar-refractivity contribution in [3.05, 3.63) is 29.8 Å². The van der Waals surface area contributed by atoms with Crippen molar-refractivity contribution >= 4 is 17.6 Å². The summed E-state index contributed by atoms with van der Waals surface area (Å²) in [7, 11) is 0. The van der Waals surface area contributed by atoms with E-state index in [9.17, 15) is 9.59 Å². The number of carboxylic acid groups (broad SMARTS) is 1. The van der Waals surface area contributed by atoms with Crippen molar-refractivity contribution in [1.82, 2.24) is 0 Å². The number of rotatable bonds is 5.